The van der Waals surface area contributed by atoms with Gasteiger partial charge in [0, 0.05) is 31.2 Å². The molecule has 8 heteroatoms. The Labute approximate surface area is 189 Å². The molecule has 1 aliphatic heterocycles. The molecule has 1 aliphatic rings. The van der Waals surface area contributed by atoms with Gasteiger partial charge >= 0.3 is 5.97 Å². The monoisotopic (exact) mass is 450 g/mol. The molecule has 0 radical (unpaired) electrons. The number of nitrogens with zero attached hydrogens (tertiary/aromatic N) is 2. The Bertz CT molecular complexity index is 1170. The zero-order valence-corrected chi connectivity index (χ0v) is 18.6. The van der Waals surface area contributed by atoms with Gasteiger partial charge in [0.15, 0.2) is 0 Å². The number of hydrogen-bond acceptors (Lipinski definition) is 7. The molecule has 32 heavy (non-hydrogen) atoms. The summed E-state index contributed by atoms with van der Waals surface area (Å²) in [5, 5.41) is 2.71. The molecule has 0 atom stereocenters. The molecule has 0 saturated carbocycles. The van der Waals surface area contributed by atoms with Crippen LogP contribution in [-0.2, 0) is 16.1 Å². The van der Waals surface area contributed by atoms with Crippen molar-refractivity contribution in [1.29, 1.82) is 0 Å². The lowest BCUT2D eigenvalue weighted by molar-refractivity contribution is 0.0468. The minimum absolute atomic E-state index is 0.0221. The zero-order valence-electron chi connectivity index (χ0n) is 17.8. The van der Waals surface area contributed by atoms with Crippen LogP contribution in [-0.4, -0.2) is 47.9 Å². The molecule has 0 bridgehead atoms. The number of ether oxygens (including phenoxy) is 2. The van der Waals surface area contributed by atoms with Crippen LogP contribution in [0.4, 0.5) is 0 Å². The number of aromatic nitrogens is 1. The van der Waals surface area contributed by atoms with Crippen LogP contribution >= 0.6 is 11.3 Å². The second-order valence-corrected chi connectivity index (χ2v) is 8.31. The van der Waals surface area contributed by atoms with E-state index in [0.29, 0.717) is 24.3 Å². The second-order valence-electron chi connectivity index (χ2n) is 7.45. The van der Waals surface area contributed by atoms with E-state index in [1.165, 1.54) is 40.0 Å². The van der Waals surface area contributed by atoms with Crippen LogP contribution in [0.15, 0.2) is 47.8 Å². The molecule has 0 saturated heterocycles. The molecule has 2 amide bonds. The number of hydrogen-bond donors (Lipinski definition) is 0. The summed E-state index contributed by atoms with van der Waals surface area (Å²) in [6.45, 7) is 2.77. The number of thiazole rings is 1. The van der Waals surface area contributed by atoms with Crippen molar-refractivity contribution in [3.05, 3.63) is 75.8 Å². The van der Waals surface area contributed by atoms with Crippen molar-refractivity contribution < 1.29 is 23.9 Å². The Hall–Kier alpha value is -3.36. The van der Waals surface area contributed by atoms with Crippen molar-refractivity contribution in [2.24, 2.45) is 0 Å². The quantitative estimate of drug-likeness (QED) is 0.292. The molecule has 0 fully saturated rings. The number of methoxy groups -OCH3 is 1. The van der Waals surface area contributed by atoms with Crippen molar-refractivity contribution in [2.45, 2.75) is 20.0 Å². The summed E-state index contributed by atoms with van der Waals surface area (Å²) in [5.74, 6) is -1.33. The number of amides is 2. The lowest BCUT2D eigenvalue weighted by atomic mass is 10.1. The Morgan fingerprint density at radius 2 is 1.81 bits per heavy atom. The summed E-state index contributed by atoms with van der Waals surface area (Å²) in [4.78, 5) is 43.3. The van der Waals surface area contributed by atoms with Gasteiger partial charge in [0.05, 0.1) is 22.4 Å². The summed E-state index contributed by atoms with van der Waals surface area (Å²) >= 11 is 1.48. The molecular weight excluding hydrogens is 428 g/mol. The molecule has 0 N–H and O–H groups in total. The van der Waals surface area contributed by atoms with Crippen molar-refractivity contribution in [2.75, 3.05) is 20.3 Å². The highest BCUT2D eigenvalue weighted by atomic mass is 32.1. The third kappa shape index (κ3) is 4.46. The maximum absolute atomic E-state index is 12.6. The van der Waals surface area contributed by atoms with Crippen LogP contribution < -0.4 is 0 Å². The third-order valence-corrected chi connectivity index (χ3v) is 6.08. The number of fused-ring (bicyclic) bond motifs is 1. The summed E-state index contributed by atoms with van der Waals surface area (Å²) in [6, 6.07) is 12.5. The van der Waals surface area contributed by atoms with Crippen LogP contribution in [0, 0.1) is 6.92 Å². The first-order valence-corrected chi connectivity index (χ1v) is 11.0. The predicted molar refractivity (Wildman–Crippen MR) is 120 cm³/mol. The minimum Gasteiger partial charge on any atom is -0.456 e. The van der Waals surface area contributed by atoms with Crippen molar-refractivity contribution in [3.63, 3.8) is 0 Å². The summed E-state index contributed by atoms with van der Waals surface area (Å²) in [6.07, 6.45) is 0.551. The Morgan fingerprint density at radius 1 is 1.06 bits per heavy atom. The zero-order chi connectivity index (χ0) is 22.7. The van der Waals surface area contributed by atoms with Crippen molar-refractivity contribution in [3.8, 4) is 10.6 Å². The van der Waals surface area contributed by atoms with Crippen LogP contribution in [0.3, 0.4) is 0 Å². The maximum atomic E-state index is 12.6. The first-order valence-electron chi connectivity index (χ1n) is 10.2. The Balaban J connectivity index is 1.41. The molecular formula is C24H22N2O5S. The van der Waals surface area contributed by atoms with Gasteiger partial charge in [0.2, 0.25) is 0 Å². The van der Waals surface area contributed by atoms with E-state index in [-0.39, 0.29) is 30.2 Å². The minimum atomic E-state index is -0.573. The van der Waals surface area contributed by atoms with Gasteiger partial charge < -0.3 is 9.47 Å². The van der Waals surface area contributed by atoms with Gasteiger partial charge in [-0.25, -0.2) is 9.78 Å². The molecule has 0 unspecified atom stereocenters. The van der Waals surface area contributed by atoms with Crippen LogP contribution in [0.25, 0.3) is 10.6 Å². The number of carbonyl (C=O) groups is 3. The summed E-state index contributed by atoms with van der Waals surface area (Å²) in [5.41, 5.74) is 3.57. The number of esters is 1. The Morgan fingerprint density at radius 3 is 2.56 bits per heavy atom. The number of carbonyl (C=O) groups excluding carboxylic acids is 3. The van der Waals surface area contributed by atoms with E-state index >= 15 is 0 Å². The van der Waals surface area contributed by atoms with E-state index in [2.05, 4.69) is 4.98 Å². The highest BCUT2D eigenvalue weighted by Gasteiger charge is 2.35. The van der Waals surface area contributed by atoms with E-state index < -0.39 is 11.9 Å². The van der Waals surface area contributed by atoms with E-state index in [9.17, 15) is 14.4 Å². The summed E-state index contributed by atoms with van der Waals surface area (Å²) in [7, 11) is 1.56. The number of imide groups is 1. The fourth-order valence-corrected chi connectivity index (χ4v) is 4.22. The standard InChI is InChI=1S/C24H22N2O5S/c1-15-4-6-16(7-5-15)21-25-18(14-32-21)13-31-24(29)17-8-9-19-20(12-17)23(28)26(22(19)27)10-3-11-30-2/h4-9,12,14H,3,10-11,13H2,1-2H3. The summed E-state index contributed by atoms with van der Waals surface area (Å²) < 4.78 is 10.4. The van der Waals surface area contributed by atoms with E-state index in [4.69, 9.17) is 9.47 Å². The first-order chi connectivity index (χ1) is 15.5. The molecule has 2 aromatic carbocycles. The largest absolute Gasteiger partial charge is 0.456 e. The van der Waals surface area contributed by atoms with Crippen LogP contribution in [0.2, 0.25) is 0 Å². The van der Waals surface area contributed by atoms with Crippen molar-refractivity contribution >= 4 is 29.1 Å². The predicted octanol–water partition coefficient (Wildman–Crippen LogP) is 4.11. The number of aryl methyl sites for hydroxylation is 1. The Kier molecular flexibility index (Phi) is 6.43. The van der Waals surface area contributed by atoms with Crippen LogP contribution in [0.1, 0.15) is 48.8 Å². The van der Waals surface area contributed by atoms with Crippen molar-refractivity contribution in [1.82, 2.24) is 9.88 Å². The molecule has 7 nitrogen and oxygen atoms in total. The van der Waals surface area contributed by atoms with E-state index in [1.54, 1.807) is 7.11 Å². The highest BCUT2D eigenvalue weighted by Crippen LogP contribution is 2.26. The molecule has 3 aromatic rings. The van der Waals surface area contributed by atoms with Gasteiger partial charge in [-0.05, 0) is 31.5 Å². The third-order valence-electron chi connectivity index (χ3n) is 5.14. The number of rotatable bonds is 8. The van der Waals surface area contributed by atoms with Gasteiger partial charge in [0.25, 0.3) is 11.8 Å². The van der Waals surface area contributed by atoms with Gasteiger partial charge in [-0.2, -0.15) is 0 Å². The average molecular weight is 451 g/mol. The fourth-order valence-electron chi connectivity index (χ4n) is 3.41. The second kappa shape index (κ2) is 9.42. The average Bonchev–Trinajstić information content (AvgIpc) is 3.37. The van der Waals surface area contributed by atoms with Gasteiger partial charge in [0.1, 0.15) is 11.6 Å². The fraction of sp³-hybridized carbons (Fsp3) is 0.250. The smallest absolute Gasteiger partial charge is 0.338 e. The normalized spacial score (nSPS) is 12.9. The first kappa shape index (κ1) is 21.9. The van der Waals surface area contributed by atoms with Crippen LogP contribution in [0.5, 0.6) is 0 Å². The maximum Gasteiger partial charge on any atom is 0.338 e. The van der Waals surface area contributed by atoms with E-state index in [0.717, 1.165) is 10.6 Å². The van der Waals surface area contributed by atoms with E-state index in [1.807, 2.05) is 36.6 Å². The lowest BCUT2D eigenvalue weighted by Crippen LogP contribution is -2.31. The molecule has 0 spiro atoms. The van der Waals surface area contributed by atoms with Gasteiger partial charge in [-0.15, -0.1) is 11.3 Å². The highest BCUT2D eigenvalue weighted by molar-refractivity contribution is 7.13. The van der Waals surface area contributed by atoms with Gasteiger partial charge in [-0.1, -0.05) is 29.8 Å². The topological polar surface area (TPSA) is 85.8 Å². The molecule has 4 rings (SSSR count). The molecule has 0 aliphatic carbocycles. The number of benzene rings is 2. The van der Waals surface area contributed by atoms with Gasteiger partial charge in [-0.3, -0.25) is 14.5 Å². The lowest BCUT2D eigenvalue weighted by Gasteiger charge is -2.12. The molecule has 1 aromatic heterocycles. The SMILES string of the molecule is COCCCN1C(=O)c2ccc(C(=O)OCc3csc(-c4ccc(C)cc4)n3)cc2C1=O. The molecule has 2 heterocycles. The molecule has 164 valence electrons.